The van der Waals surface area contributed by atoms with Gasteiger partial charge in [-0.2, -0.15) is 0 Å². The van der Waals surface area contributed by atoms with E-state index in [1.54, 1.807) is 18.4 Å². The average molecular weight is 518 g/mol. The fourth-order valence-corrected chi connectivity index (χ4v) is 3.55. The molecule has 1 atom stereocenters. The number of guanidine groups is 1. The number of methoxy groups -OCH3 is 1. The van der Waals surface area contributed by atoms with E-state index in [-0.39, 0.29) is 30.0 Å². The second kappa shape index (κ2) is 12.8. The van der Waals surface area contributed by atoms with Gasteiger partial charge in [-0.3, -0.25) is 4.99 Å². The van der Waals surface area contributed by atoms with Crippen LogP contribution in [0.3, 0.4) is 0 Å². The summed E-state index contributed by atoms with van der Waals surface area (Å²) in [5.74, 6) is 2.17. The van der Waals surface area contributed by atoms with Crippen molar-refractivity contribution in [2.24, 2.45) is 4.99 Å². The number of halogens is 1. The molecule has 0 bridgehead atoms. The van der Waals surface area contributed by atoms with Crippen LogP contribution in [0.1, 0.15) is 24.8 Å². The van der Waals surface area contributed by atoms with Crippen molar-refractivity contribution in [2.45, 2.75) is 19.9 Å². The summed E-state index contributed by atoms with van der Waals surface area (Å²) in [5.41, 5.74) is 0.900. The first-order valence-corrected chi connectivity index (χ1v) is 10.0. The molecule has 0 fully saturated rings. The minimum absolute atomic E-state index is 0. The normalized spacial score (nSPS) is 12.3. The number of benzene rings is 1. The van der Waals surface area contributed by atoms with Gasteiger partial charge in [0.1, 0.15) is 0 Å². The molecule has 1 aromatic carbocycles. The minimum atomic E-state index is 0. The summed E-state index contributed by atoms with van der Waals surface area (Å²) in [6.07, 6.45) is 0. The highest BCUT2D eigenvalue weighted by molar-refractivity contribution is 14.0. The van der Waals surface area contributed by atoms with Gasteiger partial charge in [0.05, 0.1) is 26.3 Å². The van der Waals surface area contributed by atoms with Gasteiger partial charge in [0.25, 0.3) is 0 Å². The Kier molecular flexibility index (Phi) is 11.2. The summed E-state index contributed by atoms with van der Waals surface area (Å²) >= 11 is 1.76. The zero-order valence-electron chi connectivity index (χ0n) is 17.2. The Morgan fingerprint density at radius 1 is 1.21 bits per heavy atom. The summed E-state index contributed by atoms with van der Waals surface area (Å²) in [7, 11) is 5.80. The maximum atomic E-state index is 5.66. The molecule has 8 heteroatoms. The van der Waals surface area contributed by atoms with Crippen molar-refractivity contribution in [3.8, 4) is 11.5 Å². The van der Waals surface area contributed by atoms with Crippen LogP contribution in [0.15, 0.2) is 40.7 Å². The zero-order chi connectivity index (χ0) is 19.6. The predicted octanol–water partition coefficient (Wildman–Crippen LogP) is 4.45. The highest BCUT2D eigenvalue weighted by atomic mass is 127. The van der Waals surface area contributed by atoms with Gasteiger partial charge in [-0.15, -0.1) is 35.3 Å². The smallest absolute Gasteiger partial charge is 0.195 e. The van der Waals surface area contributed by atoms with E-state index >= 15 is 0 Å². The molecule has 156 valence electrons. The Morgan fingerprint density at radius 2 is 2.00 bits per heavy atom. The number of nitrogens with zero attached hydrogens (tertiary/aromatic N) is 2. The van der Waals surface area contributed by atoms with Crippen LogP contribution in [-0.4, -0.2) is 51.8 Å². The molecule has 0 aliphatic rings. The van der Waals surface area contributed by atoms with E-state index in [9.17, 15) is 0 Å². The number of rotatable bonds is 9. The molecule has 0 spiro atoms. The van der Waals surface area contributed by atoms with Crippen molar-refractivity contribution >= 4 is 47.0 Å². The molecule has 6 nitrogen and oxygen atoms in total. The third-order valence-corrected chi connectivity index (χ3v) is 4.96. The fourth-order valence-electron chi connectivity index (χ4n) is 2.63. The summed E-state index contributed by atoms with van der Waals surface area (Å²) < 4.78 is 11.0. The molecule has 0 saturated heterocycles. The van der Waals surface area contributed by atoms with E-state index in [0.29, 0.717) is 18.9 Å². The first kappa shape index (κ1) is 24.5. The van der Waals surface area contributed by atoms with Crippen molar-refractivity contribution < 1.29 is 9.47 Å². The molecule has 0 aliphatic carbocycles. The van der Waals surface area contributed by atoms with Crippen molar-refractivity contribution in [1.29, 1.82) is 0 Å². The van der Waals surface area contributed by atoms with E-state index in [1.807, 2.05) is 25.1 Å². The van der Waals surface area contributed by atoms with Crippen molar-refractivity contribution in [2.75, 3.05) is 46.2 Å². The number of nitrogens with one attached hydrogen (secondary N) is 2. The number of likely N-dealkylation sites (N-methyl/N-ethyl adjacent to an activating group) is 1. The van der Waals surface area contributed by atoms with Crippen LogP contribution in [-0.2, 0) is 0 Å². The largest absolute Gasteiger partial charge is 0.493 e. The van der Waals surface area contributed by atoms with Crippen LogP contribution in [0.5, 0.6) is 11.5 Å². The van der Waals surface area contributed by atoms with Crippen molar-refractivity contribution in [3.63, 3.8) is 0 Å². The van der Waals surface area contributed by atoms with Crippen LogP contribution in [0.4, 0.5) is 5.69 Å². The number of hydrogen-bond acceptors (Lipinski definition) is 5. The maximum absolute atomic E-state index is 5.66. The second-order valence-corrected chi connectivity index (χ2v) is 7.12. The molecule has 0 saturated carbocycles. The lowest BCUT2D eigenvalue weighted by Gasteiger charge is -2.22. The molecule has 2 rings (SSSR count). The SMILES string of the molecule is CCNC(=NCC(c1cccs1)N(C)C)Nc1ccc(OC)c(OCC)c1.I. The molecular formula is C20H31IN4O2S. The van der Waals surface area contributed by atoms with Crippen LogP contribution in [0.25, 0.3) is 0 Å². The van der Waals surface area contributed by atoms with Gasteiger partial charge in [-0.1, -0.05) is 6.07 Å². The molecule has 0 amide bonds. The van der Waals surface area contributed by atoms with Crippen LogP contribution in [0, 0.1) is 0 Å². The van der Waals surface area contributed by atoms with E-state index < -0.39 is 0 Å². The Balaban J connectivity index is 0.00000392. The Hall–Kier alpha value is -1.52. The highest BCUT2D eigenvalue weighted by Gasteiger charge is 2.15. The van der Waals surface area contributed by atoms with Crippen molar-refractivity contribution in [3.05, 3.63) is 40.6 Å². The summed E-state index contributed by atoms with van der Waals surface area (Å²) in [4.78, 5) is 8.29. The monoisotopic (exact) mass is 518 g/mol. The standard InChI is InChI=1S/C20H30N4O2S.HI/c1-6-21-20(22-14-16(24(3)4)19-9-8-12-27-19)23-15-10-11-17(25-5)18(13-15)26-7-2;/h8-13,16H,6-7,14H2,1-5H3,(H2,21,22,23);1H. The number of hydrogen-bond donors (Lipinski definition) is 2. The summed E-state index contributed by atoms with van der Waals surface area (Å²) in [6, 6.07) is 10.3. The summed E-state index contributed by atoms with van der Waals surface area (Å²) in [5, 5.41) is 8.76. The molecule has 1 heterocycles. The third-order valence-electron chi connectivity index (χ3n) is 3.99. The first-order valence-electron chi connectivity index (χ1n) is 9.15. The molecule has 0 aliphatic heterocycles. The third kappa shape index (κ3) is 7.14. The van der Waals surface area contributed by atoms with Gasteiger partial charge >= 0.3 is 0 Å². The number of thiophene rings is 1. The van der Waals surface area contributed by atoms with Crippen LogP contribution in [0.2, 0.25) is 0 Å². The Labute approximate surface area is 189 Å². The number of ether oxygens (including phenoxy) is 2. The Bertz CT molecular complexity index is 723. The lowest BCUT2D eigenvalue weighted by Crippen LogP contribution is -2.32. The van der Waals surface area contributed by atoms with Gasteiger partial charge < -0.3 is 25.0 Å². The topological polar surface area (TPSA) is 58.1 Å². The highest BCUT2D eigenvalue weighted by Crippen LogP contribution is 2.30. The predicted molar refractivity (Wildman–Crippen MR) is 130 cm³/mol. The van der Waals surface area contributed by atoms with Crippen molar-refractivity contribution in [1.82, 2.24) is 10.2 Å². The van der Waals surface area contributed by atoms with Gasteiger partial charge in [0.15, 0.2) is 17.5 Å². The lowest BCUT2D eigenvalue weighted by molar-refractivity contribution is 0.310. The van der Waals surface area contributed by atoms with Gasteiger partial charge in [0, 0.05) is 23.2 Å². The molecule has 28 heavy (non-hydrogen) atoms. The first-order chi connectivity index (χ1) is 13.1. The molecule has 0 radical (unpaired) electrons. The molecular weight excluding hydrogens is 487 g/mol. The molecule has 2 N–H and O–H groups in total. The molecule has 1 unspecified atom stereocenters. The van der Waals surface area contributed by atoms with E-state index in [2.05, 4.69) is 54.1 Å². The fraction of sp³-hybridized carbons (Fsp3) is 0.450. The number of aliphatic imine (C=N–C) groups is 1. The van der Waals surface area contributed by atoms with E-state index in [0.717, 1.165) is 23.9 Å². The lowest BCUT2D eigenvalue weighted by atomic mass is 10.2. The van der Waals surface area contributed by atoms with Crippen LogP contribution >= 0.6 is 35.3 Å². The van der Waals surface area contributed by atoms with Crippen LogP contribution < -0.4 is 20.1 Å². The van der Waals surface area contributed by atoms with Gasteiger partial charge in [0.2, 0.25) is 0 Å². The number of anilines is 1. The van der Waals surface area contributed by atoms with Gasteiger partial charge in [-0.05, 0) is 51.5 Å². The maximum Gasteiger partial charge on any atom is 0.195 e. The summed E-state index contributed by atoms with van der Waals surface area (Å²) in [6.45, 7) is 6.04. The van der Waals surface area contributed by atoms with E-state index in [1.165, 1.54) is 4.88 Å². The quantitative estimate of drug-likeness (QED) is 0.292. The minimum Gasteiger partial charge on any atom is -0.493 e. The average Bonchev–Trinajstić information content (AvgIpc) is 3.16. The zero-order valence-corrected chi connectivity index (χ0v) is 20.3. The van der Waals surface area contributed by atoms with Gasteiger partial charge in [-0.25, -0.2) is 0 Å². The Morgan fingerprint density at radius 3 is 2.57 bits per heavy atom. The second-order valence-electron chi connectivity index (χ2n) is 6.14. The molecule has 1 aromatic heterocycles. The van der Waals surface area contributed by atoms with E-state index in [4.69, 9.17) is 14.5 Å². The molecule has 2 aromatic rings.